The van der Waals surface area contributed by atoms with E-state index in [1.54, 1.807) is 48.9 Å². The van der Waals surface area contributed by atoms with E-state index in [0.29, 0.717) is 22.6 Å². The van der Waals surface area contributed by atoms with Crippen molar-refractivity contribution in [3.63, 3.8) is 0 Å². The van der Waals surface area contributed by atoms with E-state index < -0.39 is 16.8 Å². The number of carbonyl (C=O) groups is 2. The van der Waals surface area contributed by atoms with Gasteiger partial charge < -0.3 is 14.8 Å². The van der Waals surface area contributed by atoms with E-state index in [9.17, 15) is 19.7 Å². The van der Waals surface area contributed by atoms with Crippen molar-refractivity contribution in [1.29, 1.82) is 0 Å². The molecule has 0 aliphatic heterocycles. The Morgan fingerprint density at radius 1 is 1.16 bits per heavy atom. The van der Waals surface area contributed by atoms with Crippen molar-refractivity contribution < 1.29 is 24.0 Å². The zero-order valence-electron chi connectivity index (χ0n) is 16.9. The lowest BCUT2D eigenvalue weighted by Crippen LogP contribution is -2.20. The Bertz CT molecular complexity index is 1110. The molecule has 3 aromatic rings. The van der Waals surface area contributed by atoms with E-state index >= 15 is 0 Å². The molecule has 160 valence electrons. The summed E-state index contributed by atoms with van der Waals surface area (Å²) in [6, 6.07) is 12.6. The number of hydrogen-bond acceptors (Lipinski definition) is 7. The van der Waals surface area contributed by atoms with Gasteiger partial charge in [-0.1, -0.05) is 12.1 Å². The molecule has 10 nitrogen and oxygen atoms in total. The monoisotopic (exact) mass is 424 g/mol. The highest BCUT2D eigenvalue weighted by Gasteiger charge is 2.17. The van der Waals surface area contributed by atoms with Crippen molar-refractivity contribution in [2.75, 3.05) is 18.5 Å². The van der Waals surface area contributed by atoms with Crippen molar-refractivity contribution in [3.8, 4) is 11.4 Å². The van der Waals surface area contributed by atoms with Crippen molar-refractivity contribution >= 4 is 23.3 Å². The third kappa shape index (κ3) is 5.04. The van der Waals surface area contributed by atoms with Crippen LogP contribution in [0, 0.1) is 17.0 Å². The third-order valence-electron chi connectivity index (χ3n) is 4.32. The number of nitro benzene ring substituents is 1. The van der Waals surface area contributed by atoms with Crippen LogP contribution in [0.5, 0.6) is 5.75 Å². The van der Waals surface area contributed by atoms with Gasteiger partial charge in [0.2, 0.25) is 0 Å². The summed E-state index contributed by atoms with van der Waals surface area (Å²) in [4.78, 5) is 34.5. The van der Waals surface area contributed by atoms with Gasteiger partial charge in [0.25, 0.3) is 5.91 Å². The van der Waals surface area contributed by atoms with E-state index in [2.05, 4.69) is 10.4 Å². The lowest BCUT2D eigenvalue weighted by Gasteiger charge is -2.09. The molecule has 1 aromatic heterocycles. The summed E-state index contributed by atoms with van der Waals surface area (Å²) < 4.78 is 11.9. The van der Waals surface area contributed by atoms with Gasteiger partial charge in [0.15, 0.2) is 12.4 Å². The molecule has 0 fully saturated rings. The number of anilines is 1. The second-order valence-corrected chi connectivity index (χ2v) is 6.38. The molecule has 1 amide bonds. The first-order chi connectivity index (χ1) is 14.9. The third-order valence-corrected chi connectivity index (χ3v) is 4.32. The molecule has 3 rings (SSSR count). The summed E-state index contributed by atoms with van der Waals surface area (Å²) in [5.74, 6) is -0.885. The molecule has 0 aliphatic rings. The van der Waals surface area contributed by atoms with E-state index in [0.717, 1.165) is 0 Å². The highest BCUT2D eigenvalue weighted by Crippen LogP contribution is 2.25. The van der Waals surface area contributed by atoms with Crippen LogP contribution in [0.1, 0.15) is 23.0 Å². The van der Waals surface area contributed by atoms with E-state index in [1.165, 1.54) is 24.4 Å². The van der Waals surface area contributed by atoms with Gasteiger partial charge in [-0.05, 0) is 44.2 Å². The number of nitrogens with one attached hydrogen (secondary N) is 1. The molecule has 10 heteroatoms. The lowest BCUT2D eigenvalue weighted by molar-refractivity contribution is -0.385. The van der Waals surface area contributed by atoms with Crippen LogP contribution in [0.15, 0.2) is 54.7 Å². The van der Waals surface area contributed by atoms with E-state index in [-0.39, 0.29) is 24.7 Å². The van der Waals surface area contributed by atoms with Crippen molar-refractivity contribution in [1.82, 2.24) is 9.78 Å². The Labute approximate surface area is 177 Å². The summed E-state index contributed by atoms with van der Waals surface area (Å²) >= 11 is 0. The van der Waals surface area contributed by atoms with Crippen LogP contribution in [0.3, 0.4) is 0 Å². The molecule has 1 N–H and O–H groups in total. The number of benzene rings is 2. The van der Waals surface area contributed by atoms with Gasteiger partial charge in [-0.15, -0.1) is 0 Å². The van der Waals surface area contributed by atoms with Crippen molar-refractivity contribution in [2.24, 2.45) is 0 Å². The first-order valence-electron chi connectivity index (χ1n) is 9.39. The standard InChI is InChI=1S/C21H20N4O6/c1-3-30-21(27)17-12-22-24(14(17)2)16-10-8-15(9-11-16)23-20(26)13-31-19-7-5-4-6-18(19)25(28)29/h4-12H,3,13H2,1-2H3,(H,23,26). The molecule has 2 aromatic carbocycles. The normalized spacial score (nSPS) is 10.4. The Hall–Kier alpha value is -4.21. The van der Waals surface area contributed by atoms with Gasteiger partial charge in [0.05, 0.1) is 29.1 Å². The van der Waals surface area contributed by atoms with Crippen LogP contribution in [0.4, 0.5) is 11.4 Å². The SMILES string of the molecule is CCOC(=O)c1cnn(-c2ccc(NC(=O)COc3ccccc3[N+](=O)[O-])cc2)c1C. The molecule has 0 radical (unpaired) electrons. The van der Waals surface area contributed by atoms with Crippen LogP contribution in [0.2, 0.25) is 0 Å². The van der Waals surface area contributed by atoms with Crippen LogP contribution in [-0.2, 0) is 9.53 Å². The largest absolute Gasteiger partial charge is 0.477 e. The second-order valence-electron chi connectivity index (χ2n) is 6.38. The zero-order chi connectivity index (χ0) is 22.4. The fourth-order valence-corrected chi connectivity index (χ4v) is 2.84. The molecule has 31 heavy (non-hydrogen) atoms. The molecule has 1 heterocycles. The Kier molecular flexibility index (Phi) is 6.61. The molecule has 0 saturated carbocycles. The average molecular weight is 424 g/mol. The fraction of sp³-hybridized carbons (Fsp3) is 0.190. The number of carbonyl (C=O) groups excluding carboxylic acids is 2. The highest BCUT2D eigenvalue weighted by atomic mass is 16.6. The molecule has 0 saturated heterocycles. The lowest BCUT2D eigenvalue weighted by atomic mass is 10.2. The minimum atomic E-state index is -0.573. The second kappa shape index (κ2) is 9.53. The summed E-state index contributed by atoms with van der Waals surface area (Å²) in [6.45, 7) is 3.39. The number of amides is 1. The zero-order valence-corrected chi connectivity index (χ0v) is 16.9. The number of nitrogens with zero attached hydrogens (tertiary/aromatic N) is 3. The Balaban J connectivity index is 1.63. The van der Waals surface area contributed by atoms with Gasteiger partial charge in [-0.25, -0.2) is 9.48 Å². The predicted octanol–water partition coefficient (Wildman–Crippen LogP) is 3.28. The van der Waals surface area contributed by atoms with Gasteiger partial charge >= 0.3 is 11.7 Å². The van der Waals surface area contributed by atoms with Crippen molar-refractivity contribution in [2.45, 2.75) is 13.8 Å². The van der Waals surface area contributed by atoms with Gasteiger partial charge in [0, 0.05) is 11.8 Å². The maximum absolute atomic E-state index is 12.1. The van der Waals surface area contributed by atoms with Crippen molar-refractivity contribution in [3.05, 3.63) is 76.1 Å². The summed E-state index contributed by atoms with van der Waals surface area (Å²) in [5.41, 5.74) is 2.01. The molecular weight excluding hydrogens is 404 g/mol. The smallest absolute Gasteiger partial charge is 0.341 e. The average Bonchev–Trinajstić information content (AvgIpc) is 3.14. The molecule has 0 unspecified atom stereocenters. The number of nitro groups is 1. The quantitative estimate of drug-likeness (QED) is 0.334. The van der Waals surface area contributed by atoms with E-state index in [4.69, 9.17) is 9.47 Å². The minimum absolute atomic E-state index is 0.0181. The highest BCUT2D eigenvalue weighted by molar-refractivity contribution is 5.92. The first kappa shape index (κ1) is 21.5. The number of hydrogen-bond donors (Lipinski definition) is 1. The molecule has 0 atom stereocenters. The van der Waals surface area contributed by atoms with Gasteiger partial charge in [-0.3, -0.25) is 14.9 Å². The van der Waals surface area contributed by atoms with E-state index in [1.807, 2.05) is 0 Å². The van der Waals surface area contributed by atoms with Crippen LogP contribution >= 0.6 is 0 Å². The number of aromatic nitrogens is 2. The predicted molar refractivity (Wildman–Crippen MR) is 111 cm³/mol. The van der Waals surface area contributed by atoms with Crippen LogP contribution in [0.25, 0.3) is 5.69 Å². The number of rotatable bonds is 8. The number of para-hydroxylation sites is 2. The molecule has 0 aliphatic carbocycles. The maximum Gasteiger partial charge on any atom is 0.341 e. The van der Waals surface area contributed by atoms with Gasteiger partial charge in [-0.2, -0.15) is 5.10 Å². The molecular formula is C21H20N4O6. The fourth-order valence-electron chi connectivity index (χ4n) is 2.84. The summed E-state index contributed by atoms with van der Waals surface area (Å²) in [5, 5.41) is 17.9. The number of ether oxygens (including phenoxy) is 2. The Morgan fingerprint density at radius 2 is 1.87 bits per heavy atom. The maximum atomic E-state index is 12.1. The summed E-state index contributed by atoms with van der Waals surface area (Å²) in [6.07, 6.45) is 1.45. The van der Waals surface area contributed by atoms with Gasteiger partial charge in [0.1, 0.15) is 5.56 Å². The Morgan fingerprint density at radius 3 is 2.55 bits per heavy atom. The topological polar surface area (TPSA) is 126 Å². The first-order valence-corrected chi connectivity index (χ1v) is 9.39. The van der Waals surface area contributed by atoms with Crippen LogP contribution in [-0.4, -0.2) is 39.8 Å². The molecule has 0 spiro atoms. The van der Waals surface area contributed by atoms with Crippen LogP contribution < -0.4 is 10.1 Å². The summed E-state index contributed by atoms with van der Waals surface area (Å²) in [7, 11) is 0. The molecule has 0 bridgehead atoms. The minimum Gasteiger partial charge on any atom is -0.477 e. The number of esters is 1.